The van der Waals surface area contributed by atoms with Crippen LogP contribution in [-0.2, 0) is 6.61 Å². The largest absolute Gasteiger partial charge is 0.487 e. The van der Waals surface area contributed by atoms with E-state index in [0.29, 0.717) is 34.9 Å². The first kappa shape index (κ1) is 19.5. The number of ether oxygens (including phenoxy) is 1. The van der Waals surface area contributed by atoms with Crippen molar-refractivity contribution in [3.63, 3.8) is 0 Å². The summed E-state index contributed by atoms with van der Waals surface area (Å²) in [5.41, 5.74) is 3.76. The average molecular weight is 427 g/mol. The van der Waals surface area contributed by atoms with Gasteiger partial charge in [-0.3, -0.25) is 9.89 Å². The van der Waals surface area contributed by atoms with E-state index in [2.05, 4.69) is 20.5 Å². The number of hydrogen-bond acceptors (Lipinski definition) is 4. The minimum absolute atomic E-state index is 0.301. The zero-order valence-electron chi connectivity index (χ0n) is 16.8. The molecule has 3 heterocycles. The third-order valence-electron chi connectivity index (χ3n) is 4.91. The number of aromatic amines is 1. The van der Waals surface area contributed by atoms with Crippen molar-refractivity contribution < 1.29 is 13.9 Å². The molecule has 2 N–H and O–H groups in total. The second-order valence-electron chi connectivity index (χ2n) is 7.13. The monoisotopic (exact) mass is 427 g/mol. The number of fused-ring (bicyclic) bond motifs is 1. The number of halogens is 1. The fourth-order valence-electron chi connectivity index (χ4n) is 3.37. The molecule has 7 nitrogen and oxygen atoms in total. The number of carbonyl (C=O) groups excluding carboxylic acids is 1. The first-order valence-electron chi connectivity index (χ1n) is 9.92. The Morgan fingerprint density at radius 1 is 1.09 bits per heavy atom. The van der Waals surface area contributed by atoms with Crippen LogP contribution in [0.4, 0.5) is 10.1 Å². The molecule has 2 aromatic carbocycles. The van der Waals surface area contributed by atoms with Gasteiger partial charge in [0.25, 0.3) is 5.91 Å². The molecule has 3 aromatic heterocycles. The Morgan fingerprint density at radius 3 is 2.81 bits per heavy atom. The van der Waals surface area contributed by atoms with E-state index in [-0.39, 0.29) is 11.7 Å². The molecule has 1 amide bonds. The first-order chi connectivity index (χ1) is 15.7. The number of amides is 1. The second kappa shape index (κ2) is 8.35. The van der Waals surface area contributed by atoms with Gasteiger partial charge in [-0.1, -0.05) is 12.1 Å². The van der Waals surface area contributed by atoms with Gasteiger partial charge >= 0.3 is 0 Å². The minimum Gasteiger partial charge on any atom is -0.487 e. The van der Waals surface area contributed by atoms with Gasteiger partial charge in [0.05, 0.1) is 23.1 Å². The summed E-state index contributed by atoms with van der Waals surface area (Å²) in [6.45, 7) is 0.301. The van der Waals surface area contributed by atoms with Crippen molar-refractivity contribution in [2.45, 2.75) is 6.61 Å². The lowest BCUT2D eigenvalue weighted by atomic mass is 10.1. The Labute approximate surface area is 182 Å². The molecule has 0 aliphatic heterocycles. The number of anilines is 1. The number of pyridine rings is 1. The lowest BCUT2D eigenvalue weighted by Crippen LogP contribution is -2.12. The minimum atomic E-state index is -0.347. The predicted octanol–water partition coefficient (Wildman–Crippen LogP) is 4.69. The van der Waals surface area contributed by atoms with Gasteiger partial charge in [0.15, 0.2) is 0 Å². The number of imidazole rings is 1. The van der Waals surface area contributed by atoms with Crippen molar-refractivity contribution >= 4 is 17.2 Å². The zero-order valence-corrected chi connectivity index (χ0v) is 16.8. The van der Waals surface area contributed by atoms with E-state index < -0.39 is 0 Å². The maximum atomic E-state index is 13.2. The summed E-state index contributed by atoms with van der Waals surface area (Å²) in [4.78, 5) is 17.3. The number of rotatable bonds is 6. The summed E-state index contributed by atoms with van der Waals surface area (Å²) in [6, 6.07) is 18.8. The molecule has 0 aliphatic rings. The van der Waals surface area contributed by atoms with E-state index >= 15 is 0 Å². The zero-order chi connectivity index (χ0) is 21.9. The Kier molecular flexibility index (Phi) is 5.09. The number of hydrogen-bond donors (Lipinski definition) is 2. The fourth-order valence-corrected chi connectivity index (χ4v) is 3.37. The van der Waals surface area contributed by atoms with E-state index in [1.165, 1.54) is 18.3 Å². The van der Waals surface area contributed by atoms with Crippen LogP contribution in [0.25, 0.3) is 16.9 Å². The molecule has 0 spiro atoms. The molecule has 0 aliphatic carbocycles. The molecule has 0 fully saturated rings. The third-order valence-corrected chi connectivity index (χ3v) is 4.91. The maximum absolute atomic E-state index is 13.2. The summed E-state index contributed by atoms with van der Waals surface area (Å²) in [5.74, 6) is -0.0823. The molecule has 158 valence electrons. The highest BCUT2D eigenvalue weighted by molar-refractivity contribution is 6.08. The molecular formula is C24H18FN5O2. The molecule has 0 saturated heterocycles. The van der Waals surface area contributed by atoms with Crippen molar-refractivity contribution in [3.8, 4) is 17.0 Å². The molecular weight excluding hydrogens is 409 g/mol. The van der Waals surface area contributed by atoms with E-state index in [4.69, 9.17) is 4.74 Å². The normalized spacial score (nSPS) is 10.9. The summed E-state index contributed by atoms with van der Waals surface area (Å²) < 4.78 is 21.0. The van der Waals surface area contributed by atoms with Crippen molar-refractivity contribution in [2.24, 2.45) is 0 Å². The highest BCUT2D eigenvalue weighted by atomic mass is 19.1. The Hall–Kier alpha value is -4.46. The van der Waals surface area contributed by atoms with E-state index in [9.17, 15) is 9.18 Å². The number of H-pyrrole nitrogens is 1. The predicted molar refractivity (Wildman–Crippen MR) is 118 cm³/mol. The van der Waals surface area contributed by atoms with Crippen molar-refractivity contribution in [1.29, 1.82) is 0 Å². The van der Waals surface area contributed by atoms with Crippen LogP contribution in [-0.4, -0.2) is 25.5 Å². The molecule has 8 heteroatoms. The summed E-state index contributed by atoms with van der Waals surface area (Å²) >= 11 is 0. The quantitative estimate of drug-likeness (QED) is 0.412. The lowest BCUT2D eigenvalue weighted by molar-refractivity contribution is 0.102. The smallest absolute Gasteiger partial charge is 0.259 e. The molecule has 0 unspecified atom stereocenters. The fraction of sp³-hybridized carbons (Fsp3) is 0.0417. The van der Waals surface area contributed by atoms with E-state index in [1.54, 1.807) is 30.3 Å². The number of carbonyl (C=O) groups is 1. The van der Waals surface area contributed by atoms with Crippen LogP contribution >= 0.6 is 0 Å². The van der Waals surface area contributed by atoms with Crippen LogP contribution in [0.2, 0.25) is 0 Å². The summed E-state index contributed by atoms with van der Waals surface area (Å²) in [6.07, 6.45) is 5.28. The maximum Gasteiger partial charge on any atom is 0.259 e. The summed E-state index contributed by atoms with van der Waals surface area (Å²) in [7, 11) is 0. The topological polar surface area (TPSA) is 84.3 Å². The first-order valence-corrected chi connectivity index (χ1v) is 9.92. The van der Waals surface area contributed by atoms with Crippen LogP contribution in [0, 0.1) is 5.82 Å². The van der Waals surface area contributed by atoms with Gasteiger partial charge in [0, 0.05) is 29.7 Å². The van der Waals surface area contributed by atoms with Gasteiger partial charge < -0.3 is 14.5 Å². The highest BCUT2D eigenvalue weighted by Gasteiger charge is 2.16. The van der Waals surface area contributed by atoms with Crippen molar-refractivity contribution in [1.82, 2.24) is 19.6 Å². The standard InChI is InChI=1S/C24H18FN5O2/c25-17-9-7-16(8-10-17)23-21(13-26-29-23)24(31)28-18-4-3-5-20(12-18)32-15-19-14-30-11-2-1-6-22(30)27-19/h1-14H,15H2,(H,26,29)(H,28,31). The van der Waals surface area contributed by atoms with Crippen LogP contribution in [0.1, 0.15) is 16.1 Å². The third kappa shape index (κ3) is 4.06. The Balaban J connectivity index is 1.28. The van der Waals surface area contributed by atoms with Crippen LogP contribution < -0.4 is 10.1 Å². The van der Waals surface area contributed by atoms with E-state index in [1.807, 2.05) is 41.1 Å². The molecule has 5 aromatic rings. The summed E-state index contributed by atoms with van der Waals surface area (Å²) in [5, 5.41) is 9.62. The second-order valence-corrected chi connectivity index (χ2v) is 7.13. The van der Waals surface area contributed by atoms with Gasteiger partial charge in [-0.15, -0.1) is 0 Å². The number of benzene rings is 2. The molecule has 32 heavy (non-hydrogen) atoms. The average Bonchev–Trinajstić information content (AvgIpc) is 3.45. The molecule has 0 atom stereocenters. The van der Waals surface area contributed by atoms with Crippen LogP contribution in [0.3, 0.4) is 0 Å². The van der Waals surface area contributed by atoms with Crippen LogP contribution in [0.15, 0.2) is 85.3 Å². The van der Waals surface area contributed by atoms with E-state index in [0.717, 1.165) is 11.3 Å². The highest BCUT2D eigenvalue weighted by Crippen LogP contribution is 2.24. The molecule has 5 rings (SSSR count). The van der Waals surface area contributed by atoms with Gasteiger partial charge in [-0.25, -0.2) is 9.37 Å². The van der Waals surface area contributed by atoms with Gasteiger partial charge in [-0.05, 0) is 48.5 Å². The molecule has 0 bridgehead atoms. The Morgan fingerprint density at radius 2 is 1.97 bits per heavy atom. The molecule has 0 radical (unpaired) electrons. The van der Waals surface area contributed by atoms with Gasteiger partial charge in [-0.2, -0.15) is 5.10 Å². The molecule has 0 saturated carbocycles. The SMILES string of the molecule is O=C(Nc1cccc(OCc2cn3ccccc3n2)c1)c1cn[nH]c1-c1ccc(F)cc1. The van der Waals surface area contributed by atoms with Gasteiger partial charge in [0.2, 0.25) is 0 Å². The van der Waals surface area contributed by atoms with Crippen molar-refractivity contribution in [3.05, 3.63) is 102 Å². The number of aromatic nitrogens is 4. The van der Waals surface area contributed by atoms with Gasteiger partial charge in [0.1, 0.15) is 23.8 Å². The van der Waals surface area contributed by atoms with Crippen LogP contribution in [0.5, 0.6) is 5.75 Å². The Bertz CT molecular complexity index is 1360. The van der Waals surface area contributed by atoms with Crippen molar-refractivity contribution in [2.75, 3.05) is 5.32 Å². The number of nitrogens with zero attached hydrogens (tertiary/aromatic N) is 3. The number of nitrogens with one attached hydrogen (secondary N) is 2. The lowest BCUT2D eigenvalue weighted by Gasteiger charge is -2.09.